The number of nitrogens with zero attached hydrogens (tertiary/aromatic N) is 2. The predicted molar refractivity (Wildman–Crippen MR) is 42.9 cm³/mol. The number of aromatic nitrogens is 2. The highest BCUT2D eigenvalue weighted by molar-refractivity contribution is 6.50. The van der Waals surface area contributed by atoms with Gasteiger partial charge in [-0.1, -0.05) is 4.73 Å². The van der Waals surface area contributed by atoms with E-state index < -0.39 is 7.25 Å². The molecule has 0 unspecified atom stereocenters. The van der Waals surface area contributed by atoms with Crippen molar-refractivity contribution in [3.8, 4) is 0 Å². The van der Waals surface area contributed by atoms with Gasteiger partial charge in [0.25, 0.3) is 6.33 Å². The van der Waals surface area contributed by atoms with Crippen LogP contribution in [0.1, 0.15) is 6.92 Å². The summed E-state index contributed by atoms with van der Waals surface area (Å²) >= 11 is 0. The Balaban J connectivity index is 0.000000292. The Morgan fingerprint density at radius 1 is 1.36 bits per heavy atom. The Morgan fingerprint density at radius 3 is 2.14 bits per heavy atom. The number of imidazole rings is 1. The van der Waals surface area contributed by atoms with Gasteiger partial charge in [-0.2, -0.15) is 0 Å². The van der Waals surface area contributed by atoms with Gasteiger partial charge in [-0.15, -0.1) is 0 Å². The van der Waals surface area contributed by atoms with Gasteiger partial charge in [0, 0.05) is 0 Å². The second-order valence-corrected chi connectivity index (χ2v) is 2.35. The third-order valence-corrected chi connectivity index (χ3v) is 1.02. The highest BCUT2D eigenvalue weighted by Gasteiger charge is 2.20. The van der Waals surface area contributed by atoms with E-state index in [1.54, 1.807) is 4.73 Å². The molecule has 1 aromatic rings. The fourth-order valence-corrected chi connectivity index (χ4v) is 0.653. The molecule has 0 amide bonds. The quantitative estimate of drug-likeness (QED) is 0.409. The van der Waals surface area contributed by atoms with Crippen molar-refractivity contribution in [2.24, 2.45) is 7.05 Å². The first kappa shape index (κ1) is 12.8. The molecular formula is C6H11BF4N2O. The van der Waals surface area contributed by atoms with E-state index >= 15 is 0 Å². The molecule has 0 atom stereocenters. The van der Waals surface area contributed by atoms with Crippen molar-refractivity contribution in [1.82, 2.24) is 4.73 Å². The summed E-state index contributed by atoms with van der Waals surface area (Å²) in [4.78, 5) is 5.12. The molecule has 14 heavy (non-hydrogen) atoms. The first-order valence-corrected chi connectivity index (χ1v) is 3.86. The molecule has 1 heterocycles. The van der Waals surface area contributed by atoms with Crippen LogP contribution < -0.4 is 9.40 Å². The lowest BCUT2D eigenvalue weighted by Crippen LogP contribution is -2.24. The summed E-state index contributed by atoms with van der Waals surface area (Å²) < 4.78 is 42.6. The molecule has 0 saturated carbocycles. The van der Waals surface area contributed by atoms with Crippen LogP contribution in [-0.4, -0.2) is 18.6 Å². The second-order valence-electron chi connectivity index (χ2n) is 2.35. The third-order valence-electron chi connectivity index (χ3n) is 1.02. The van der Waals surface area contributed by atoms with Crippen LogP contribution in [0.25, 0.3) is 0 Å². The maximum absolute atomic E-state index is 9.75. The first-order valence-electron chi connectivity index (χ1n) is 3.86. The molecule has 3 nitrogen and oxygen atoms in total. The summed E-state index contributed by atoms with van der Waals surface area (Å²) in [6.07, 6.45) is 5.66. The van der Waals surface area contributed by atoms with Gasteiger partial charge >= 0.3 is 7.25 Å². The zero-order chi connectivity index (χ0) is 11.2. The van der Waals surface area contributed by atoms with Crippen LogP contribution in [0.3, 0.4) is 0 Å². The van der Waals surface area contributed by atoms with Crippen LogP contribution in [-0.2, 0) is 7.05 Å². The summed E-state index contributed by atoms with van der Waals surface area (Å²) in [5, 5.41) is 0. The highest BCUT2D eigenvalue weighted by Crippen LogP contribution is 2.06. The minimum Gasteiger partial charge on any atom is -0.418 e. The summed E-state index contributed by atoms with van der Waals surface area (Å²) in [6.45, 7) is 2.66. The van der Waals surface area contributed by atoms with E-state index in [0.29, 0.717) is 6.61 Å². The lowest BCUT2D eigenvalue weighted by Gasteiger charge is -1.94. The Labute approximate surface area is 79.0 Å². The Morgan fingerprint density at radius 2 is 1.86 bits per heavy atom. The second kappa shape index (κ2) is 5.51. The normalized spacial score (nSPS) is 10.4. The first-order chi connectivity index (χ1) is 6.33. The van der Waals surface area contributed by atoms with Gasteiger partial charge in [0.2, 0.25) is 0 Å². The molecular weight excluding hydrogens is 203 g/mol. The molecule has 8 heteroatoms. The number of hydrogen-bond acceptors (Lipinski definition) is 1. The highest BCUT2D eigenvalue weighted by atomic mass is 19.5. The summed E-state index contributed by atoms with van der Waals surface area (Å²) in [6, 6.07) is 0. The zero-order valence-electron chi connectivity index (χ0n) is 7.83. The average Bonchev–Trinajstić information content (AvgIpc) is 2.32. The fraction of sp³-hybridized carbons (Fsp3) is 0.500. The lowest BCUT2D eigenvalue weighted by atomic mass is 10.3. The summed E-state index contributed by atoms with van der Waals surface area (Å²) in [5.41, 5.74) is 0. The number of halogens is 4. The van der Waals surface area contributed by atoms with Crippen LogP contribution in [0.5, 0.6) is 0 Å². The summed E-state index contributed by atoms with van der Waals surface area (Å²) in [5.74, 6) is 0. The van der Waals surface area contributed by atoms with Crippen LogP contribution in [0.2, 0.25) is 0 Å². The average molecular weight is 214 g/mol. The molecule has 1 rings (SSSR count). The maximum Gasteiger partial charge on any atom is 0.673 e. The standard InChI is InChI=1S/C6H11N2O.BF4/c1-3-9-8-5-4-7(2)6-8;2-1(3,4)5/h4-6H,3H2,1-2H3;/q+1;-1. The molecule has 0 fully saturated rings. The van der Waals surface area contributed by atoms with Gasteiger partial charge in [0.05, 0.1) is 7.05 Å². The van der Waals surface area contributed by atoms with Crippen LogP contribution in [0.15, 0.2) is 18.7 Å². The number of aryl methyl sites for hydroxylation is 1. The van der Waals surface area contributed by atoms with Gasteiger partial charge in [0.15, 0.2) is 6.20 Å². The Kier molecular flexibility index (Phi) is 5.04. The van der Waals surface area contributed by atoms with Crippen LogP contribution >= 0.6 is 0 Å². The summed E-state index contributed by atoms with van der Waals surface area (Å²) in [7, 11) is -4.05. The molecule has 0 aliphatic carbocycles. The molecule has 0 aliphatic rings. The van der Waals surface area contributed by atoms with Crippen LogP contribution in [0, 0.1) is 0 Å². The Bertz CT molecular complexity index is 257. The zero-order valence-corrected chi connectivity index (χ0v) is 7.83. The largest absolute Gasteiger partial charge is 0.673 e. The monoisotopic (exact) mass is 214 g/mol. The van der Waals surface area contributed by atoms with E-state index in [0.717, 1.165) is 0 Å². The molecule has 0 bridgehead atoms. The molecule has 0 N–H and O–H groups in total. The van der Waals surface area contributed by atoms with Crippen molar-refractivity contribution in [2.75, 3.05) is 6.61 Å². The number of rotatable bonds is 2. The minimum atomic E-state index is -6.00. The van der Waals surface area contributed by atoms with Crippen molar-refractivity contribution in [1.29, 1.82) is 0 Å². The number of hydrogen-bond donors (Lipinski definition) is 0. The van der Waals surface area contributed by atoms with Crippen molar-refractivity contribution >= 4 is 7.25 Å². The smallest absolute Gasteiger partial charge is 0.418 e. The minimum absolute atomic E-state index is 0.703. The van der Waals surface area contributed by atoms with Crippen molar-refractivity contribution in [3.63, 3.8) is 0 Å². The fourth-order valence-electron chi connectivity index (χ4n) is 0.653. The van der Waals surface area contributed by atoms with Gasteiger partial charge < -0.3 is 22.1 Å². The predicted octanol–water partition coefficient (Wildman–Crippen LogP) is 1.06. The molecule has 0 saturated heterocycles. The topological polar surface area (TPSA) is 18.0 Å². The van der Waals surface area contributed by atoms with Crippen molar-refractivity contribution in [3.05, 3.63) is 18.7 Å². The molecule has 0 spiro atoms. The van der Waals surface area contributed by atoms with E-state index in [2.05, 4.69) is 0 Å². The van der Waals surface area contributed by atoms with Gasteiger partial charge in [-0.3, -0.25) is 0 Å². The van der Waals surface area contributed by atoms with Crippen molar-refractivity contribution < 1.29 is 26.7 Å². The van der Waals surface area contributed by atoms with E-state index in [4.69, 9.17) is 4.84 Å². The SMILES string of the molecule is CCOn1cc[n+](C)c1.F[B-](F)(F)F. The Hall–Kier alpha value is -1.21. The molecule has 82 valence electrons. The van der Waals surface area contributed by atoms with Gasteiger partial charge in [-0.05, 0) is 6.92 Å². The molecule has 0 aliphatic heterocycles. The molecule has 0 aromatic carbocycles. The van der Waals surface area contributed by atoms with E-state index in [1.165, 1.54) is 0 Å². The van der Waals surface area contributed by atoms with E-state index in [1.807, 2.05) is 37.3 Å². The third kappa shape index (κ3) is 8.89. The molecule has 0 radical (unpaired) electrons. The van der Waals surface area contributed by atoms with Crippen molar-refractivity contribution in [2.45, 2.75) is 6.92 Å². The van der Waals surface area contributed by atoms with Crippen LogP contribution in [0.4, 0.5) is 17.3 Å². The van der Waals surface area contributed by atoms with Gasteiger partial charge in [-0.25, -0.2) is 4.57 Å². The van der Waals surface area contributed by atoms with Gasteiger partial charge in [0.1, 0.15) is 12.8 Å². The maximum atomic E-state index is 9.75. The lowest BCUT2D eigenvalue weighted by molar-refractivity contribution is -0.672. The van der Waals surface area contributed by atoms with E-state index in [-0.39, 0.29) is 0 Å². The molecule has 1 aromatic heterocycles. The van der Waals surface area contributed by atoms with E-state index in [9.17, 15) is 17.3 Å².